The van der Waals surface area contributed by atoms with E-state index in [2.05, 4.69) is 16.0 Å². The molecule has 3 heterocycles. The lowest BCUT2D eigenvalue weighted by atomic mass is 10.0. The molecule has 3 rings (SSSR count). The van der Waals surface area contributed by atoms with Crippen LogP contribution in [0.5, 0.6) is 0 Å². The van der Waals surface area contributed by atoms with Crippen molar-refractivity contribution >= 4 is 5.91 Å². The molecule has 1 fully saturated rings. The maximum atomic E-state index is 12.5. The second-order valence-corrected chi connectivity index (χ2v) is 5.47. The van der Waals surface area contributed by atoms with Crippen LogP contribution in [0.1, 0.15) is 16.1 Å². The number of nitrogens with zero attached hydrogens (tertiary/aromatic N) is 3. The van der Waals surface area contributed by atoms with Crippen molar-refractivity contribution in [1.29, 1.82) is 0 Å². The third-order valence-corrected chi connectivity index (χ3v) is 3.76. The summed E-state index contributed by atoms with van der Waals surface area (Å²) >= 11 is 0. The molecule has 1 aliphatic heterocycles. The van der Waals surface area contributed by atoms with Gasteiger partial charge in [0, 0.05) is 37.6 Å². The fourth-order valence-electron chi connectivity index (χ4n) is 2.69. The molecule has 2 aromatic heterocycles. The molecule has 0 aromatic carbocycles. The van der Waals surface area contributed by atoms with Gasteiger partial charge in [0.15, 0.2) is 0 Å². The zero-order valence-corrected chi connectivity index (χ0v) is 12.4. The van der Waals surface area contributed by atoms with Crippen LogP contribution in [0.2, 0.25) is 0 Å². The minimum atomic E-state index is -0.0257. The maximum absolute atomic E-state index is 12.5. The van der Waals surface area contributed by atoms with Gasteiger partial charge in [-0.15, -0.1) is 0 Å². The summed E-state index contributed by atoms with van der Waals surface area (Å²) in [4.78, 5) is 22.7. The summed E-state index contributed by atoms with van der Waals surface area (Å²) in [5.74, 6) is 0.252. The van der Waals surface area contributed by atoms with Crippen LogP contribution in [-0.4, -0.2) is 47.1 Å². The maximum Gasteiger partial charge on any atom is 0.272 e. The molecule has 0 spiro atoms. The van der Waals surface area contributed by atoms with Gasteiger partial charge in [-0.1, -0.05) is 12.1 Å². The second kappa shape index (κ2) is 7.13. The molecule has 0 saturated carbocycles. The number of carbonyl (C=O) groups is 1. The van der Waals surface area contributed by atoms with Crippen LogP contribution in [0.25, 0.3) is 0 Å². The van der Waals surface area contributed by atoms with Crippen molar-refractivity contribution in [2.24, 2.45) is 5.92 Å². The molecule has 2 aromatic rings. The van der Waals surface area contributed by atoms with Crippen LogP contribution in [0.3, 0.4) is 0 Å². The Morgan fingerprint density at radius 3 is 3.00 bits per heavy atom. The number of amides is 1. The molecule has 0 bridgehead atoms. The van der Waals surface area contributed by atoms with E-state index in [4.69, 9.17) is 4.74 Å². The highest BCUT2D eigenvalue weighted by Crippen LogP contribution is 2.15. The first-order valence-electron chi connectivity index (χ1n) is 7.50. The minimum Gasteiger partial charge on any atom is -0.379 e. The normalized spacial score (nSPS) is 18.7. The predicted molar refractivity (Wildman–Crippen MR) is 82.4 cm³/mol. The lowest BCUT2D eigenvalue weighted by Crippen LogP contribution is -2.36. The van der Waals surface area contributed by atoms with Gasteiger partial charge in [-0.2, -0.15) is 0 Å². The van der Waals surface area contributed by atoms with Crippen LogP contribution in [0.15, 0.2) is 48.9 Å². The number of ether oxygens (including phenoxy) is 1. The van der Waals surface area contributed by atoms with Gasteiger partial charge in [-0.05, 0) is 30.2 Å². The first-order chi connectivity index (χ1) is 10.8. The average molecular weight is 297 g/mol. The Kier molecular flexibility index (Phi) is 4.75. The van der Waals surface area contributed by atoms with E-state index in [-0.39, 0.29) is 11.8 Å². The van der Waals surface area contributed by atoms with Gasteiger partial charge in [0.1, 0.15) is 5.69 Å². The van der Waals surface area contributed by atoms with Crippen molar-refractivity contribution in [3.05, 3.63) is 60.2 Å². The standard InChI is InChI=1S/C17H19N3O2/c21-17(16-5-1-2-7-19-16)20-8-9-22-13-15(12-20)10-14-4-3-6-18-11-14/h1-7,11,15H,8-10,12-13H2. The summed E-state index contributed by atoms with van der Waals surface area (Å²) in [5.41, 5.74) is 1.66. The molecular weight excluding hydrogens is 278 g/mol. The second-order valence-electron chi connectivity index (χ2n) is 5.47. The number of pyridine rings is 2. The molecule has 1 atom stereocenters. The highest BCUT2D eigenvalue weighted by molar-refractivity contribution is 5.92. The Morgan fingerprint density at radius 1 is 1.27 bits per heavy atom. The van der Waals surface area contributed by atoms with Crippen LogP contribution in [-0.2, 0) is 11.2 Å². The van der Waals surface area contributed by atoms with Crippen molar-refractivity contribution < 1.29 is 9.53 Å². The van der Waals surface area contributed by atoms with E-state index in [0.717, 1.165) is 6.42 Å². The summed E-state index contributed by atoms with van der Waals surface area (Å²) in [6.07, 6.45) is 6.15. The fraction of sp³-hybridized carbons (Fsp3) is 0.353. The molecule has 22 heavy (non-hydrogen) atoms. The highest BCUT2D eigenvalue weighted by atomic mass is 16.5. The van der Waals surface area contributed by atoms with E-state index < -0.39 is 0 Å². The molecule has 1 saturated heterocycles. The Hall–Kier alpha value is -2.27. The van der Waals surface area contributed by atoms with Crippen LogP contribution < -0.4 is 0 Å². The van der Waals surface area contributed by atoms with Crippen LogP contribution in [0.4, 0.5) is 0 Å². The first kappa shape index (κ1) is 14.7. The molecule has 1 aliphatic rings. The summed E-state index contributed by atoms with van der Waals surface area (Å²) in [6, 6.07) is 9.39. The molecular formula is C17H19N3O2. The van der Waals surface area contributed by atoms with Gasteiger partial charge in [0.05, 0.1) is 13.2 Å². The molecule has 1 unspecified atom stereocenters. The zero-order valence-electron chi connectivity index (χ0n) is 12.4. The fourth-order valence-corrected chi connectivity index (χ4v) is 2.69. The molecule has 0 aliphatic carbocycles. The Bertz CT molecular complexity index is 604. The van der Waals surface area contributed by atoms with Crippen LogP contribution >= 0.6 is 0 Å². The number of rotatable bonds is 3. The third kappa shape index (κ3) is 3.68. The lowest BCUT2D eigenvalue weighted by Gasteiger charge is -2.23. The van der Waals surface area contributed by atoms with Gasteiger partial charge in [-0.25, -0.2) is 0 Å². The van der Waals surface area contributed by atoms with Gasteiger partial charge in [0.25, 0.3) is 5.91 Å². The number of carbonyl (C=O) groups excluding carboxylic acids is 1. The summed E-state index contributed by atoms with van der Waals surface area (Å²) in [6.45, 7) is 2.53. The summed E-state index contributed by atoms with van der Waals surface area (Å²) < 4.78 is 5.66. The van der Waals surface area contributed by atoms with Crippen molar-refractivity contribution in [3.8, 4) is 0 Å². The number of aromatic nitrogens is 2. The minimum absolute atomic E-state index is 0.0257. The summed E-state index contributed by atoms with van der Waals surface area (Å²) in [7, 11) is 0. The third-order valence-electron chi connectivity index (χ3n) is 3.76. The molecule has 114 valence electrons. The lowest BCUT2D eigenvalue weighted by molar-refractivity contribution is 0.0731. The van der Waals surface area contributed by atoms with Crippen molar-refractivity contribution in [3.63, 3.8) is 0 Å². The highest BCUT2D eigenvalue weighted by Gasteiger charge is 2.24. The van der Waals surface area contributed by atoms with Crippen molar-refractivity contribution in [2.45, 2.75) is 6.42 Å². The van der Waals surface area contributed by atoms with Crippen molar-refractivity contribution in [1.82, 2.24) is 14.9 Å². The molecule has 0 radical (unpaired) electrons. The van der Waals surface area contributed by atoms with Gasteiger partial charge in [0.2, 0.25) is 0 Å². The van der Waals surface area contributed by atoms with E-state index in [1.807, 2.05) is 29.3 Å². The zero-order chi connectivity index (χ0) is 15.2. The largest absolute Gasteiger partial charge is 0.379 e. The average Bonchev–Trinajstić information content (AvgIpc) is 2.81. The van der Waals surface area contributed by atoms with Gasteiger partial charge in [-0.3, -0.25) is 14.8 Å². The van der Waals surface area contributed by atoms with Gasteiger partial charge < -0.3 is 9.64 Å². The predicted octanol–water partition coefficient (Wildman–Crippen LogP) is 1.81. The number of hydrogen-bond donors (Lipinski definition) is 0. The Labute approximate surface area is 130 Å². The van der Waals surface area contributed by atoms with Gasteiger partial charge >= 0.3 is 0 Å². The topological polar surface area (TPSA) is 55.3 Å². The smallest absolute Gasteiger partial charge is 0.272 e. The van der Waals surface area contributed by atoms with E-state index in [9.17, 15) is 4.79 Å². The van der Waals surface area contributed by atoms with E-state index in [1.54, 1.807) is 18.5 Å². The monoisotopic (exact) mass is 297 g/mol. The Morgan fingerprint density at radius 2 is 2.23 bits per heavy atom. The van der Waals surface area contributed by atoms with Crippen molar-refractivity contribution in [2.75, 3.05) is 26.3 Å². The molecule has 5 heteroatoms. The number of hydrogen-bond acceptors (Lipinski definition) is 4. The van der Waals surface area contributed by atoms with E-state index in [1.165, 1.54) is 5.56 Å². The van der Waals surface area contributed by atoms with E-state index in [0.29, 0.717) is 32.0 Å². The quantitative estimate of drug-likeness (QED) is 0.867. The van der Waals surface area contributed by atoms with E-state index >= 15 is 0 Å². The first-order valence-corrected chi connectivity index (χ1v) is 7.50. The molecule has 5 nitrogen and oxygen atoms in total. The summed E-state index contributed by atoms with van der Waals surface area (Å²) in [5, 5.41) is 0. The Balaban J connectivity index is 1.69. The molecule has 0 N–H and O–H groups in total. The SMILES string of the molecule is O=C(c1ccccn1)N1CCOCC(Cc2cccnc2)C1. The van der Waals surface area contributed by atoms with Crippen LogP contribution in [0, 0.1) is 5.92 Å². The molecule has 1 amide bonds.